The Morgan fingerprint density at radius 3 is 2.66 bits per heavy atom. The number of benzene rings is 2. The van der Waals surface area contributed by atoms with Crippen LogP contribution in [0.15, 0.2) is 62.6 Å². The van der Waals surface area contributed by atoms with Crippen molar-refractivity contribution in [2.75, 3.05) is 5.75 Å². The number of hydrogen-bond donors (Lipinski definition) is 1. The van der Waals surface area contributed by atoms with Gasteiger partial charge in [0.05, 0.1) is 11.8 Å². The van der Waals surface area contributed by atoms with E-state index in [4.69, 9.17) is 20.4 Å². The molecule has 6 nitrogen and oxygen atoms in total. The van der Waals surface area contributed by atoms with Crippen LogP contribution in [0, 0.1) is 6.92 Å². The topological polar surface area (TPSA) is 81.2 Å². The van der Waals surface area contributed by atoms with Crippen LogP contribution in [0.1, 0.15) is 24.3 Å². The van der Waals surface area contributed by atoms with Crippen molar-refractivity contribution in [2.24, 2.45) is 0 Å². The van der Waals surface area contributed by atoms with E-state index < -0.39 is 0 Å². The molecule has 2 heterocycles. The number of amides is 1. The zero-order chi connectivity index (χ0) is 20.4. The highest BCUT2D eigenvalue weighted by molar-refractivity contribution is 7.99. The van der Waals surface area contributed by atoms with Crippen LogP contribution in [0.4, 0.5) is 0 Å². The van der Waals surface area contributed by atoms with Gasteiger partial charge in [0.15, 0.2) is 0 Å². The average Bonchev–Trinajstić information content (AvgIpc) is 3.32. The fourth-order valence-electron chi connectivity index (χ4n) is 3.06. The third kappa shape index (κ3) is 4.31. The lowest BCUT2D eigenvalue weighted by atomic mass is 10.1. The molecule has 1 amide bonds. The summed E-state index contributed by atoms with van der Waals surface area (Å²) in [7, 11) is 0. The molecule has 2 aromatic heterocycles. The zero-order valence-corrected chi connectivity index (χ0v) is 17.4. The summed E-state index contributed by atoms with van der Waals surface area (Å²) in [6.07, 6.45) is 0. The van der Waals surface area contributed by atoms with Crippen molar-refractivity contribution in [3.8, 4) is 11.5 Å². The number of fused-ring (bicyclic) bond motifs is 1. The molecule has 1 unspecified atom stereocenters. The van der Waals surface area contributed by atoms with Crippen molar-refractivity contribution >= 4 is 40.2 Å². The second kappa shape index (κ2) is 8.31. The third-order valence-electron chi connectivity index (χ3n) is 4.48. The molecule has 8 heteroatoms. The van der Waals surface area contributed by atoms with E-state index in [0.717, 1.165) is 27.9 Å². The van der Waals surface area contributed by atoms with Crippen molar-refractivity contribution in [3.63, 3.8) is 0 Å². The molecular weight excluding hydrogens is 410 g/mol. The Hall–Kier alpha value is -2.77. The van der Waals surface area contributed by atoms with E-state index in [0.29, 0.717) is 16.1 Å². The second-order valence-electron chi connectivity index (χ2n) is 6.55. The lowest BCUT2D eigenvalue weighted by molar-refractivity contribution is -0.119. The Morgan fingerprint density at radius 1 is 1.14 bits per heavy atom. The zero-order valence-electron chi connectivity index (χ0n) is 15.8. The first-order valence-electron chi connectivity index (χ1n) is 9.01. The first-order chi connectivity index (χ1) is 14.0. The number of furan rings is 1. The molecule has 0 spiro atoms. The Labute approximate surface area is 176 Å². The molecule has 0 fully saturated rings. The van der Waals surface area contributed by atoms with Crippen molar-refractivity contribution in [2.45, 2.75) is 25.1 Å². The molecule has 2 aromatic carbocycles. The number of aromatic nitrogens is 2. The third-order valence-corrected chi connectivity index (χ3v) is 5.55. The minimum atomic E-state index is -0.247. The molecule has 0 aliphatic heterocycles. The molecule has 0 aliphatic carbocycles. The molecule has 29 heavy (non-hydrogen) atoms. The first-order valence-corrected chi connectivity index (χ1v) is 10.4. The van der Waals surface area contributed by atoms with Crippen molar-refractivity contribution < 1.29 is 13.6 Å². The van der Waals surface area contributed by atoms with E-state index in [1.807, 2.05) is 38.1 Å². The van der Waals surface area contributed by atoms with E-state index in [1.54, 1.807) is 24.3 Å². The monoisotopic (exact) mass is 427 g/mol. The number of aryl methyl sites for hydroxylation is 1. The van der Waals surface area contributed by atoms with Gasteiger partial charge in [-0.3, -0.25) is 4.79 Å². The average molecular weight is 428 g/mol. The van der Waals surface area contributed by atoms with Gasteiger partial charge < -0.3 is 14.2 Å². The molecular formula is C21H18ClN3O3S. The van der Waals surface area contributed by atoms with Crippen LogP contribution in [0.2, 0.25) is 5.02 Å². The number of nitrogens with zero attached hydrogens (tertiary/aromatic N) is 2. The van der Waals surface area contributed by atoms with Crippen LogP contribution < -0.4 is 5.32 Å². The second-order valence-corrected chi connectivity index (χ2v) is 7.91. The fraction of sp³-hybridized carbons (Fsp3) is 0.190. The highest BCUT2D eigenvalue weighted by atomic mass is 35.5. The summed E-state index contributed by atoms with van der Waals surface area (Å²) >= 11 is 7.07. The maximum Gasteiger partial charge on any atom is 0.277 e. The van der Waals surface area contributed by atoms with Gasteiger partial charge in [0, 0.05) is 21.5 Å². The molecule has 4 aromatic rings. The van der Waals surface area contributed by atoms with Gasteiger partial charge in [0.1, 0.15) is 11.3 Å². The smallest absolute Gasteiger partial charge is 0.277 e. The number of halogens is 1. The predicted octanol–water partition coefficient (Wildman–Crippen LogP) is 5.41. The minimum absolute atomic E-state index is 0.145. The van der Waals surface area contributed by atoms with E-state index in [9.17, 15) is 4.79 Å². The van der Waals surface area contributed by atoms with Crippen LogP contribution in [0.3, 0.4) is 0 Å². The molecule has 1 atom stereocenters. The Bertz CT molecular complexity index is 1150. The fourth-order valence-corrected chi connectivity index (χ4v) is 3.76. The Balaban J connectivity index is 1.36. The van der Waals surface area contributed by atoms with Gasteiger partial charge in [0.25, 0.3) is 5.22 Å². The van der Waals surface area contributed by atoms with Gasteiger partial charge >= 0.3 is 0 Å². The maximum absolute atomic E-state index is 12.4. The first kappa shape index (κ1) is 19.5. The van der Waals surface area contributed by atoms with Crippen LogP contribution in [-0.4, -0.2) is 21.9 Å². The van der Waals surface area contributed by atoms with Gasteiger partial charge in [-0.25, -0.2) is 0 Å². The number of thioether (sulfide) groups is 1. The minimum Gasteiger partial charge on any atom is -0.459 e. The molecule has 0 saturated carbocycles. The summed E-state index contributed by atoms with van der Waals surface area (Å²) in [6.45, 7) is 3.90. The number of rotatable bonds is 6. The summed E-state index contributed by atoms with van der Waals surface area (Å²) < 4.78 is 11.5. The number of carbonyl (C=O) groups is 1. The van der Waals surface area contributed by atoms with Gasteiger partial charge in [0.2, 0.25) is 11.8 Å². The highest BCUT2D eigenvalue weighted by Crippen LogP contribution is 2.29. The maximum atomic E-state index is 12.4. The summed E-state index contributed by atoms with van der Waals surface area (Å²) in [5.74, 6) is 1.16. The Kier molecular flexibility index (Phi) is 5.60. The van der Waals surface area contributed by atoms with Gasteiger partial charge in [-0.2, -0.15) is 0 Å². The molecule has 1 N–H and O–H groups in total. The van der Waals surface area contributed by atoms with Crippen LogP contribution >= 0.6 is 23.4 Å². The van der Waals surface area contributed by atoms with Crippen molar-refractivity contribution in [3.05, 3.63) is 64.9 Å². The van der Waals surface area contributed by atoms with E-state index in [-0.39, 0.29) is 17.7 Å². The van der Waals surface area contributed by atoms with Gasteiger partial charge in [-0.15, -0.1) is 10.2 Å². The number of para-hydroxylation sites is 1. The van der Waals surface area contributed by atoms with Crippen LogP contribution in [-0.2, 0) is 4.79 Å². The molecule has 0 bridgehead atoms. The van der Waals surface area contributed by atoms with Crippen LogP contribution in [0.5, 0.6) is 0 Å². The summed E-state index contributed by atoms with van der Waals surface area (Å²) in [5.41, 5.74) is 2.62. The Morgan fingerprint density at radius 2 is 1.90 bits per heavy atom. The van der Waals surface area contributed by atoms with E-state index in [2.05, 4.69) is 15.5 Å². The van der Waals surface area contributed by atoms with Gasteiger partial charge in [-0.05, 0) is 44.2 Å². The quantitative estimate of drug-likeness (QED) is 0.414. The summed E-state index contributed by atoms with van der Waals surface area (Å²) in [4.78, 5) is 12.4. The van der Waals surface area contributed by atoms with Crippen molar-refractivity contribution in [1.82, 2.24) is 15.5 Å². The number of hydrogen-bond acceptors (Lipinski definition) is 6. The standard InChI is InChI=1S/C21H18ClN3O3S/c1-12-16-5-3-4-6-17(16)27-19(12)13(2)23-18(26)11-29-21-25-24-20(28-21)14-7-9-15(22)10-8-14/h3-10,13H,11H2,1-2H3,(H,23,26). The molecule has 0 saturated heterocycles. The number of nitrogens with one attached hydrogen (secondary N) is 1. The van der Waals surface area contributed by atoms with E-state index in [1.165, 1.54) is 11.8 Å². The van der Waals surface area contributed by atoms with Gasteiger partial charge in [-0.1, -0.05) is 41.6 Å². The van der Waals surface area contributed by atoms with Crippen LogP contribution in [0.25, 0.3) is 22.4 Å². The number of carbonyl (C=O) groups excluding carboxylic acids is 1. The lowest BCUT2D eigenvalue weighted by Crippen LogP contribution is -2.28. The lowest BCUT2D eigenvalue weighted by Gasteiger charge is -2.12. The summed E-state index contributed by atoms with van der Waals surface area (Å²) in [5, 5.41) is 13.0. The normalized spacial score (nSPS) is 12.2. The molecule has 148 valence electrons. The molecule has 0 aliphatic rings. The van der Waals surface area contributed by atoms with Crippen molar-refractivity contribution in [1.29, 1.82) is 0 Å². The molecule has 4 rings (SSSR count). The predicted molar refractivity (Wildman–Crippen MR) is 113 cm³/mol. The highest BCUT2D eigenvalue weighted by Gasteiger charge is 2.19. The molecule has 0 radical (unpaired) electrons. The summed E-state index contributed by atoms with van der Waals surface area (Å²) in [6, 6.07) is 14.7. The SMILES string of the molecule is Cc1c(C(C)NC(=O)CSc2nnc(-c3ccc(Cl)cc3)o2)oc2ccccc12. The van der Waals surface area contributed by atoms with E-state index >= 15 is 0 Å². The largest absolute Gasteiger partial charge is 0.459 e.